The molecular weight excluding hydrogens is 384 g/mol. The van der Waals surface area contributed by atoms with E-state index < -0.39 is 10.0 Å². The van der Waals surface area contributed by atoms with Gasteiger partial charge in [0.1, 0.15) is 6.54 Å². The van der Waals surface area contributed by atoms with Crippen molar-refractivity contribution in [3.05, 3.63) is 59.1 Å². The quantitative estimate of drug-likeness (QED) is 0.757. The Labute approximate surface area is 165 Å². The number of anilines is 1. The Balaban J connectivity index is 1.98. The predicted molar refractivity (Wildman–Crippen MR) is 108 cm³/mol. The number of nitrogens with zero attached hydrogens (tertiary/aromatic N) is 2. The summed E-state index contributed by atoms with van der Waals surface area (Å²) in [5.74, 6) is -0.171. The normalized spacial score (nSPS) is 14.8. The molecule has 0 unspecified atom stereocenters. The molecule has 0 aromatic heterocycles. The average Bonchev–Trinajstić information content (AvgIpc) is 2.67. The summed E-state index contributed by atoms with van der Waals surface area (Å²) >= 11 is 5.90. The maximum absolute atomic E-state index is 13.3. The maximum atomic E-state index is 13.3. The van der Waals surface area contributed by atoms with Crippen LogP contribution in [0.15, 0.2) is 53.4 Å². The van der Waals surface area contributed by atoms with Gasteiger partial charge in [-0.3, -0.25) is 9.10 Å². The van der Waals surface area contributed by atoms with Gasteiger partial charge < -0.3 is 4.90 Å². The van der Waals surface area contributed by atoms with Crippen LogP contribution in [-0.2, 0) is 14.8 Å². The van der Waals surface area contributed by atoms with Gasteiger partial charge >= 0.3 is 0 Å². The van der Waals surface area contributed by atoms with E-state index in [1.54, 1.807) is 17.0 Å². The molecule has 2 aromatic rings. The summed E-state index contributed by atoms with van der Waals surface area (Å²) in [5, 5.41) is 0.459. The van der Waals surface area contributed by atoms with Crippen LogP contribution in [0.4, 0.5) is 5.69 Å². The predicted octanol–water partition coefficient (Wildman–Crippen LogP) is 3.86. The highest BCUT2D eigenvalue weighted by atomic mass is 35.5. The first-order valence-corrected chi connectivity index (χ1v) is 10.8. The number of hydrogen-bond acceptors (Lipinski definition) is 3. The van der Waals surface area contributed by atoms with Crippen LogP contribution >= 0.6 is 11.6 Å². The van der Waals surface area contributed by atoms with Crippen LogP contribution in [0, 0.1) is 6.92 Å². The van der Waals surface area contributed by atoms with Crippen LogP contribution in [0.25, 0.3) is 0 Å². The molecule has 7 heteroatoms. The fraction of sp³-hybridized carbons (Fsp3) is 0.350. The first-order chi connectivity index (χ1) is 12.9. The number of amides is 1. The molecule has 0 radical (unpaired) electrons. The second-order valence-corrected chi connectivity index (χ2v) is 8.99. The Morgan fingerprint density at radius 2 is 1.67 bits per heavy atom. The molecule has 0 aliphatic carbocycles. The summed E-state index contributed by atoms with van der Waals surface area (Å²) in [6.07, 6.45) is 3.02. The third-order valence-corrected chi connectivity index (χ3v) is 6.80. The molecule has 0 saturated carbocycles. The molecule has 1 amide bonds. The van der Waals surface area contributed by atoms with Gasteiger partial charge in [0, 0.05) is 18.1 Å². The summed E-state index contributed by atoms with van der Waals surface area (Å²) in [6, 6.07) is 13.2. The summed E-state index contributed by atoms with van der Waals surface area (Å²) < 4.78 is 27.9. The number of aryl methyl sites for hydroxylation is 1. The van der Waals surface area contributed by atoms with Crippen molar-refractivity contribution >= 4 is 33.2 Å². The topological polar surface area (TPSA) is 57.7 Å². The Morgan fingerprint density at radius 1 is 1.04 bits per heavy atom. The van der Waals surface area contributed by atoms with Gasteiger partial charge in [-0.15, -0.1) is 0 Å². The molecule has 1 fully saturated rings. The van der Waals surface area contributed by atoms with E-state index in [-0.39, 0.29) is 17.3 Å². The van der Waals surface area contributed by atoms with Gasteiger partial charge in [0.05, 0.1) is 10.6 Å². The van der Waals surface area contributed by atoms with E-state index in [0.29, 0.717) is 23.8 Å². The third kappa shape index (κ3) is 4.45. The smallest absolute Gasteiger partial charge is 0.264 e. The number of carbonyl (C=O) groups excluding carboxylic acids is 1. The van der Waals surface area contributed by atoms with Crippen LogP contribution < -0.4 is 4.31 Å². The third-order valence-electron chi connectivity index (χ3n) is 4.77. The molecule has 1 saturated heterocycles. The Hall–Kier alpha value is -2.05. The highest BCUT2D eigenvalue weighted by molar-refractivity contribution is 7.92. The van der Waals surface area contributed by atoms with Crippen LogP contribution in [0.2, 0.25) is 5.02 Å². The lowest BCUT2D eigenvalue weighted by molar-refractivity contribution is -0.130. The maximum Gasteiger partial charge on any atom is 0.264 e. The number of carbonyl (C=O) groups is 1. The van der Waals surface area contributed by atoms with Crippen molar-refractivity contribution in [2.75, 3.05) is 23.9 Å². The summed E-state index contributed by atoms with van der Waals surface area (Å²) in [4.78, 5) is 14.7. The van der Waals surface area contributed by atoms with E-state index in [1.165, 1.54) is 28.6 Å². The second kappa shape index (κ2) is 8.31. The minimum atomic E-state index is -3.90. The number of likely N-dealkylation sites (tertiary alicyclic amines) is 1. The van der Waals surface area contributed by atoms with Gasteiger partial charge in [-0.2, -0.15) is 0 Å². The van der Waals surface area contributed by atoms with Crippen molar-refractivity contribution in [1.29, 1.82) is 0 Å². The van der Waals surface area contributed by atoms with Gasteiger partial charge in [0.2, 0.25) is 5.91 Å². The number of sulfonamides is 1. The standard InChI is InChI=1S/C20H23ClN2O3S/c1-16-7-3-4-8-19(16)23(15-20(24)22-13-5-2-6-14-22)27(25,26)18-11-9-17(21)10-12-18/h3-4,7-12H,2,5-6,13-15H2,1H3. The number of rotatable bonds is 5. The van der Waals surface area contributed by atoms with E-state index in [0.717, 1.165) is 24.8 Å². The van der Waals surface area contributed by atoms with E-state index in [4.69, 9.17) is 11.6 Å². The fourth-order valence-corrected chi connectivity index (χ4v) is 4.85. The molecule has 0 N–H and O–H groups in total. The van der Waals surface area contributed by atoms with Crippen LogP contribution in [0.1, 0.15) is 24.8 Å². The second-order valence-electron chi connectivity index (χ2n) is 6.69. The van der Waals surface area contributed by atoms with Gasteiger partial charge in [-0.25, -0.2) is 8.42 Å². The van der Waals surface area contributed by atoms with Gasteiger partial charge in [-0.05, 0) is 62.1 Å². The average molecular weight is 407 g/mol. The number of para-hydroxylation sites is 1. The van der Waals surface area contributed by atoms with Crippen molar-refractivity contribution in [3.8, 4) is 0 Å². The van der Waals surface area contributed by atoms with Gasteiger partial charge in [-0.1, -0.05) is 29.8 Å². The van der Waals surface area contributed by atoms with Crippen LogP contribution in [-0.4, -0.2) is 38.9 Å². The Morgan fingerprint density at radius 3 is 2.30 bits per heavy atom. The molecule has 0 spiro atoms. The van der Waals surface area contributed by atoms with Crippen molar-refractivity contribution < 1.29 is 13.2 Å². The summed E-state index contributed by atoms with van der Waals surface area (Å²) in [5.41, 5.74) is 1.30. The summed E-state index contributed by atoms with van der Waals surface area (Å²) in [6.45, 7) is 2.99. The number of hydrogen-bond donors (Lipinski definition) is 0. The largest absolute Gasteiger partial charge is 0.341 e. The van der Waals surface area contributed by atoms with Gasteiger partial charge in [0.25, 0.3) is 10.0 Å². The number of halogens is 1. The Bertz CT molecular complexity index is 907. The minimum Gasteiger partial charge on any atom is -0.341 e. The van der Waals surface area contributed by atoms with E-state index in [9.17, 15) is 13.2 Å². The lowest BCUT2D eigenvalue weighted by Gasteiger charge is -2.31. The molecule has 5 nitrogen and oxygen atoms in total. The molecular formula is C20H23ClN2O3S. The summed E-state index contributed by atoms with van der Waals surface area (Å²) in [7, 11) is -3.90. The zero-order valence-electron chi connectivity index (χ0n) is 15.3. The van der Waals surface area contributed by atoms with E-state index in [1.807, 2.05) is 19.1 Å². The highest BCUT2D eigenvalue weighted by Crippen LogP contribution is 2.27. The lowest BCUT2D eigenvalue weighted by atomic mass is 10.1. The molecule has 0 bridgehead atoms. The number of piperidine rings is 1. The molecule has 3 rings (SSSR count). The van der Waals surface area contributed by atoms with Crippen molar-refractivity contribution in [3.63, 3.8) is 0 Å². The lowest BCUT2D eigenvalue weighted by Crippen LogP contribution is -2.45. The molecule has 144 valence electrons. The van der Waals surface area contributed by atoms with Crippen molar-refractivity contribution in [1.82, 2.24) is 4.90 Å². The van der Waals surface area contributed by atoms with Crippen molar-refractivity contribution in [2.24, 2.45) is 0 Å². The zero-order chi connectivity index (χ0) is 19.4. The molecule has 27 heavy (non-hydrogen) atoms. The SMILES string of the molecule is Cc1ccccc1N(CC(=O)N1CCCCC1)S(=O)(=O)c1ccc(Cl)cc1. The minimum absolute atomic E-state index is 0.113. The van der Waals surface area contributed by atoms with Crippen LogP contribution in [0.5, 0.6) is 0 Å². The molecule has 2 aromatic carbocycles. The van der Waals surface area contributed by atoms with Crippen molar-refractivity contribution in [2.45, 2.75) is 31.1 Å². The molecule has 1 heterocycles. The molecule has 0 atom stereocenters. The first kappa shape index (κ1) is 19.7. The van der Waals surface area contributed by atoms with Crippen LogP contribution in [0.3, 0.4) is 0 Å². The zero-order valence-corrected chi connectivity index (χ0v) is 16.8. The number of benzene rings is 2. The van der Waals surface area contributed by atoms with E-state index in [2.05, 4.69) is 0 Å². The fourth-order valence-electron chi connectivity index (χ4n) is 3.24. The molecule has 1 aliphatic heterocycles. The van der Waals surface area contributed by atoms with E-state index >= 15 is 0 Å². The highest BCUT2D eigenvalue weighted by Gasteiger charge is 2.30. The first-order valence-electron chi connectivity index (χ1n) is 9.01. The monoisotopic (exact) mass is 406 g/mol. The van der Waals surface area contributed by atoms with Gasteiger partial charge in [0.15, 0.2) is 0 Å². The molecule has 1 aliphatic rings. The Kier molecular flexibility index (Phi) is 6.07.